The Balaban J connectivity index is 1.60. The van der Waals surface area contributed by atoms with Crippen molar-refractivity contribution < 1.29 is 9.84 Å². The van der Waals surface area contributed by atoms with Gasteiger partial charge in [0.15, 0.2) is 0 Å². The summed E-state index contributed by atoms with van der Waals surface area (Å²) in [6.45, 7) is 5.95. The van der Waals surface area contributed by atoms with Crippen LogP contribution in [-0.4, -0.2) is 29.9 Å². The molecule has 0 bridgehead atoms. The number of hydrogen-bond acceptors (Lipinski definition) is 3. The van der Waals surface area contributed by atoms with Crippen LogP contribution in [0.2, 0.25) is 0 Å². The van der Waals surface area contributed by atoms with Crippen LogP contribution in [0.3, 0.4) is 0 Å². The maximum Gasteiger partial charge on any atom is 0.0898 e. The van der Waals surface area contributed by atoms with Gasteiger partial charge in [0.25, 0.3) is 0 Å². The first-order valence-electron chi connectivity index (χ1n) is 7.13. The number of β-amino-alcohol motifs (C(OH)–C–C–N with tert-alkyl or cyclic N) is 1. The van der Waals surface area contributed by atoms with Gasteiger partial charge < -0.3 is 15.2 Å². The Morgan fingerprint density at radius 3 is 2.63 bits per heavy atom. The van der Waals surface area contributed by atoms with Gasteiger partial charge in [-0.1, -0.05) is 30.3 Å². The van der Waals surface area contributed by atoms with Crippen LogP contribution in [0.1, 0.15) is 32.3 Å². The van der Waals surface area contributed by atoms with Gasteiger partial charge in [-0.05, 0) is 38.2 Å². The molecule has 1 saturated carbocycles. The van der Waals surface area contributed by atoms with Crippen LogP contribution in [0.25, 0.3) is 0 Å². The van der Waals surface area contributed by atoms with Gasteiger partial charge in [0.2, 0.25) is 0 Å². The normalized spacial score (nSPS) is 17.4. The highest BCUT2D eigenvalue weighted by molar-refractivity contribution is 5.13. The topological polar surface area (TPSA) is 41.5 Å². The van der Waals surface area contributed by atoms with Crippen molar-refractivity contribution in [2.24, 2.45) is 5.92 Å². The summed E-state index contributed by atoms with van der Waals surface area (Å²) in [4.78, 5) is 0. The van der Waals surface area contributed by atoms with Crippen molar-refractivity contribution in [3.05, 3.63) is 35.9 Å². The van der Waals surface area contributed by atoms with Crippen molar-refractivity contribution in [1.82, 2.24) is 5.32 Å². The van der Waals surface area contributed by atoms with Crippen molar-refractivity contribution in [3.8, 4) is 0 Å². The summed E-state index contributed by atoms with van der Waals surface area (Å²) in [5.41, 5.74) is 1.28. The third-order valence-corrected chi connectivity index (χ3v) is 3.81. The second kappa shape index (κ2) is 6.51. The first kappa shape index (κ1) is 14.5. The van der Waals surface area contributed by atoms with E-state index in [1.165, 1.54) is 12.8 Å². The molecule has 1 aliphatic carbocycles. The van der Waals surface area contributed by atoms with E-state index in [0.717, 1.165) is 11.5 Å². The predicted molar refractivity (Wildman–Crippen MR) is 76.9 cm³/mol. The molecule has 1 fully saturated rings. The lowest BCUT2D eigenvalue weighted by Crippen LogP contribution is -2.46. The van der Waals surface area contributed by atoms with E-state index < -0.39 is 6.10 Å². The summed E-state index contributed by atoms with van der Waals surface area (Å²) in [6.07, 6.45) is 2.17. The standard InChI is InChI=1S/C16H25NO2/c1-16(2,14-8-9-14)17-10-15(18)12-19-11-13-6-4-3-5-7-13/h3-7,14-15,17-18H,8-12H2,1-2H3. The summed E-state index contributed by atoms with van der Waals surface area (Å²) in [5, 5.41) is 13.3. The average Bonchev–Trinajstić information content (AvgIpc) is 3.22. The van der Waals surface area contributed by atoms with E-state index in [9.17, 15) is 5.11 Å². The summed E-state index contributed by atoms with van der Waals surface area (Å²) in [6, 6.07) is 10.0. The molecule has 0 saturated heterocycles. The zero-order valence-corrected chi connectivity index (χ0v) is 11.9. The zero-order chi connectivity index (χ0) is 13.7. The molecule has 2 N–H and O–H groups in total. The fraction of sp³-hybridized carbons (Fsp3) is 0.625. The summed E-state index contributed by atoms with van der Waals surface area (Å²) in [7, 11) is 0. The van der Waals surface area contributed by atoms with Crippen LogP contribution >= 0.6 is 0 Å². The number of aliphatic hydroxyl groups is 1. The van der Waals surface area contributed by atoms with Crippen molar-refractivity contribution >= 4 is 0 Å². The van der Waals surface area contributed by atoms with Crippen LogP contribution in [-0.2, 0) is 11.3 Å². The van der Waals surface area contributed by atoms with Crippen LogP contribution in [0.5, 0.6) is 0 Å². The van der Waals surface area contributed by atoms with E-state index >= 15 is 0 Å². The van der Waals surface area contributed by atoms with Crippen LogP contribution < -0.4 is 5.32 Å². The third-order valence-electron chi connectivity index (χ3n) is 3.81. The smallest absolute Gasteiger partial charge is 0.0898 e. The molecule has 1 atom stereocenters. The maximum absolute atomic E-state index is 9.91. The van der Waals surface area contributed by atoms with Gasteiger partial charge in [-0.3, -0.25) is 0 Å². The molecule has 0 spiro atoms. The minimum atomic E-state index is -0.443. The fourth-order valence-electron chi connectivity index (χ4n) is 2.28. The molecular weight excluding hydrogens is 238 g/mol. The Morgan fingerprint density at radius 1 is 1.32 bits per heavy atom. The minimum absolute atomic E-state index is 0.139. The molecule has 106 valence electrons. The molecular formula is C16H25NO2. The molecule has 0 heterocycles. The Hall–Kier alpha value is -0.900. The zero-order valence-electron chi connectivity index (χ0n) is 11.9. The van der Waals surface area contributed by atoms with Crippen LogP contribution in [0, 0.1) is 5.92 Å². The van der Waals surface area contributed by atoms with Crippen molar-refractivity contribution in [1.29, 1.82) is 0 Å². The number of benzene rings is 1. The van der Waals surface area contributed by atoms with Crippen molar-refractivity contribution in [3.63, 3.8) is 0 Å². The molecule has 1 aromatic rings. The largest absolute Gasteiger partial charge is 0.389 e. The second-order valence-electron chi connectivity index (χ2n) is 6.03. The van der Waals surface area contributed by atoms with E-state index in [1.54, 1.807) is 0 Å². The van der Waals surface area contributed by atoms with Gasteiger partial charge in [-0.2, -0.15) is 0 Å². The first-order chi connectivity index (χ1) is 9.08. The van der Waals surface area contributed by atoms with Gasteiger partial charge in [0.05, 0.1) is 19.3 Å². The molecule has 2 rings (SSSR count). The summed E-state index contributed by atoms with van der Waals surface area (Å²) < 4.78 is 5.53. The van der Waals surface area contributed by atoms with Gasteiger partial charge in [0.1, 0.15) is 0 Å². The van der Waals surface area contributed by atoms with E-state index in [4.69, 9.17) is 4.74 Å². The third kappa shape index (κ3) is 4.94. The molecule has 19 heavy (non-hydrogen) atoms. The molecule has 3 nitrogen and oxygen atoms in total. The quantitative estimate of drug-likeness (QED) is 0.756. The van der Waals surface area contributed by atoms with E-state index in [2.05, 4.69) is 19.2 Å². The fourth-order valence-corrected chi connectivity index (χ4v) is 2.28. The van der Waals surface area contributed by atoms with Gasteiger partial charge >= 0.3 is 0 Å². The SMILES string of the molecule is CC(C)(NCC(O)COCc1ccccc1)C1CC1. The van der Waals surface area contributed by atoms with Crippen molar-refractivity contribution in [2.75, 3.05) is 13.2 Å². The number of nitrogens with one attached hydrogen (secondary N) is 1. The number of hydrogen-bond donors (Lipinski definition) is 2. The predicted octanol–water partition coefficient (Wildman–Crippen LogP) is 2.34. The Kier molecular flexibility index (Phi) is 4.97. The molecule has 0 aliphatic heterocycles. The highest BCUT2D eigenvalue weighted by Crippen LogP contribution is 2.39. The average molecular weight is 263 g/mol. The number of aliphatic hydroxyl groups excluding tert-OH is 1. The molecule has 0 aromatic heterocycles. The maximum atomic E-state index is 9.91. The van der Waals surface area contributed by atoms with Gasteiger partial charge in [-0.15, -0.1) is 0 Å². The molecule has 0 radical (unpaired) electrons. The van der Waals surface area contributed by atoms with Crippen molar-refractivity contribution in [2.45, 2.75) is 44.9 Å². The lowest BCUT2D eigenvalue weighted by molar-refractivity contribution is 0.0250. The first-order valence-corrected chi connectivity index (χ1v) is 7.13. The highest BCUT2D eigenvalue weighted by atomic mass is 16.5. The Labute approximate surface area is 116 Å². The Bertz CT molecular complexity index is 374. The van der Waals surface area contributed by atoms with E-state index in [1.807, 2.05) is 30.3 Å². The molecule has 1 aliphatic rings. The van der Waals surface area contributed by atoms with E-state index in [0.29, 0.717) is 19.8 Å². The minimum Gasteiger partial charge on any atom is -0.389 e. The monoisotopic (exact) mass is 263 g/mol. The lowest BCUT2D eigenvalue weighted by Gasteiger charge is -2.27. The van der Waals surface area contributed by atoms with Gasteiger partial charge in [0, 0.05) is 12.1 Å². The highest BCUT2D eigenvalue weighted by Gasteiger charge is 2.37. The van der Waals surface area contributed by atoms with Crippen LogP contribution in [0.4, 0.5) is 0 Å². The number of rotatable bonds is 8. The lowest BCUT2D eigenvalue weighted by atomic mass is 9.98. The molecule has 1 aromatic carbocycles. The molecule has 3 heteroatoms. The second-order valence-corrected chi connectivity index (χ2v) is 6.03. The molecule has 1 unspecified atom stereocenters. The van der Waals surface area contributed by atoms with Crippen LogP contribution in [0.15, 0.2) is 30.3 Å². The Morgan fingerprint density at radius 2 is 2.00 bits per heavy atom. The number of ether oxygens (including phenoxy) is 1. The molecule has 0 amide bonds. The summed E-state index contributed by atoms with van der Waals surface area (Å²) >= 11 is 0. The summed E-state index contributed by atoms with van der Waals surface area (Å²) in [5.74, 6) is 0.768. The van der Waals surface area contributed by atoms with E-state index in [-0.39, 0.29) is 5.54 Å². The van der Waals surface area contributed by atoms with Gasteiger partial charge in [-0.25, -0.2) is 0 Å².